The molecular weight excluding hydrogens is 670 g/mol. The molecule has 0 fully saturated rings. The lowest BCUT2D eigenvalue weighted by Crippen LogP contribution is -2.18. The summed E-state index contributed by atoms with van der Waals surface area (Å²) in [7, 11) is -8.32. The molecule has 0 saturated carbocycles. The van der Waals surface area contributed by atoms with Gasteiger partial charge in [0.05, 0.1) is 0 Å². The van der Waals surface area contributed by atoms with Crippen molar-refractivity contribution in [1.29, 1.82) is 0 Å². The summed E-state index contributed by atoms with van der Waals surface area (Å²) in [6.45, 7) is 9.64. The smallest absolute Gasteiger partial charge is 0.386 e. The predicted octanol–water partition coefficient (Wildman–Crippen LogP) is 11.9. The topological polar surface area (TPSA) is 89.5 Å². The van der Waals surface area contributed by atoms with Crippen molar-refractivity contribution in [2.24, 2.45) is 0 Å². The number of allylic oxidation sites excluding steroid dienone is 4. The number of hydrogen-bond donors (Lipinski definition) is 0. The zero-order valence-corrected chi connectivity index (χ0v) is 29.7. The van der Waals surface area contributed by atoms with E-state index in [1.54, 1.807) is 115 Å². The van der Waals surface area contributed by atoms with Crippen LogP contribution in [-0.4, -0.2) is 0 Å². The Morgan fingerprint density at radius 2 is 0.880 bits per heavy atom. The van der Waals surface area contributed by atoms with Gasteiger partial charge in [-0.1, -0.05) is 111 Å². The molecule has 50 heavy (non-hydrogen) atoms. The van der Waals surface area contributed by atoms with Crippen LogP contribution < -0.4 is 22.6 Å². The molecule has 1 unspecified atom stereocenters. The lowest BCUT2D eigenvalue weighted by Gasteiger charge is -2.27. The number of para-hydroxylation sites is 3. The molecule has 0 aliphatic rings. The van der Waals surface area contributed by atoms with E-state index in [0.717, 1.165) is 11.1 Å². The van der Waals surface area contributed by atoms with E-state index in [9.17, 15) is 9.13 Å². The maximum atomic E-state index is 13.9. The Hall–Kier alpha value is -5.42. The van der Waals surface area contributed by atoms with Gasteiger partial charge in [-0.15, -0.1) is 0 Å². The van der Waals surface area contributed by atoms with E-state index < -0.39 is 21.1 Å². The first-order valence-electron chi connectivity index (χ1n) is 15.8. The minimum absolute atomic E-state index is 0.265. The SMILES string of the molecule is C=C/C=C(\C=C/C)OP(=O)(Oc1ccccc1)Oc1ccc(C(C)(C)c2ccc(OP(=O)(Oc3ccccc3)Oc3ccccc3)cc2)cc1. The first-order chi connectivity index (χ1) is 24.1. The monoisotopic (exact) mass is 708 g/mol. The number of phosphoric acid groups is 2. The van der Waals surface area contributed by atoms with Gasteiger partial charge in [-0.3, -0.25) is 0 Å². The molecule has 5 rings (SSSR count). The average Bonchev–Trinajstić information content (AvgIpc) is 3.10. The summed E-state index contributed by atoms with van der Waals surface area (Å²) in [4.78, 5) is 0. The number of rotatable bonds is 16. The fourth-order valence-electron chi connectivity index (χ4n) is 4.76. The van der Waals surface area contributed by atoms with E-state index in [1.807, 2.05) is 49.4 Å². The number of phosphoric ester groups is 2. The second kappa shape index (κ2) is 16.3. The van der Waals surface area contributed by atoms with Crippen molar-refractivity contribution in [3.63, 3.8) is 0 Å². The molecule has 10 heteroatoms. The van der Waals surface area contributed by atoms with Crippen LogP contribution in [-0.2, 0) is 19.1 Å². The Balaban J connectivity index is 1.33. The third-order valence-corrected chi connectivity index (χ3v) is 9.90. The van der Waals surface area contributed by atoms with Gasteiger partial charge in [0.2, 0.25) is 0 Å². The van der Waals surface area contributed by atoms with Crippen LogP contribution in [0.2, 0.25) is 0 Å². The van der Waals surface area contributed by atoms with Crippen LogP contribution >= 0.6 is 15.6 Å². The summed E-state index contributed by atoms with van der Waals surface area (Å²) in [5.41, 5.74) is 1.42. The minimum Gasteiger partial charge on any atom is -0.386 e. The summed E-state index contributed by atoms with van der Waals surface area (Å²) >= 11 is 0. The molecule has 256 valence electrons. The van der Waals surface area contributed by atoms with Gasteiger partial charge in [-0.25, -0.2) is 0 Å². The molecule has 0 amide bonds. The Kier molecular flexibility index (Phi) is 11.7. The van der Waals surface area contributed by atoms with Gasteiger partial charge >= 0.3 is 15.6 Å². The van der Waals surface area contributed by atoms with Gasteiger partial charge in [-0.05, 0) is 90.9 Å². The predicted molar refractivity (Wildman–Crippen MR) is 197 cm³/mol. The normalized spacial score (nSPS) is 13.1. The highest BCUT2D eigenvalue weighted by molar-refractivity contribution is 7.50. The number of hydrogen-bond acceptors (Lipinski definition) is 8. The molecule has 0 aliphatic carbocycles. The molecule has 0 aromatic heterocycles. The number of benzene rings is 5. The van der Waals surface area contributed by atoms with Crippen LogP contribution in [0.4, 0.5) is 0 Å². The second-order valence-corrected chi connectivity index (χ2v) is 14.2. The van der Waals surface area contributed by atoms with E-state index in [1.165, 1.54) is 6.08 Å². The average molecular weight is 709 g/mol. The maximum Gasteiger partial charge on any atom is 0.647 e. The summed E-state index contributed by atoms with van der Waals surface area (Å²) < 4.78 is 62.6. The zero-order valence-electron chi connectivity index (χ0n) is 28.0. The molecule has 0 bridgehead atoms. The maximum absolute atomic E-state index is 13.9. The lowest BCUT2D eigenvalue weighted by molar-refractivity contribution is 0.262. The van der Waals surface area contributed by atoms with Gasteiger partial charge < -0.3 is 27.1 Å². The molecule has 0 spiro atoms. The Labute approximate surface area is 293 Å². The third kappa shape index (κ3) is 9.82. The molecular formula is C40H38O8P2. The minimum atomic E-state index is -4.19. The summed E-state index contributed by atoms with van der Waals surface area (Å²) in [5, 5.41) is 0. The van der Waals surface area contributed by atoms with Crippen molar-refractivity contribution in [2.45, 2.75) is 26.2 Å². The quantitative estimate of drug-likeness (QED) is 0.0568. The van der Waals surface area contributed by atoms with Gasteiger partial charge in [0.1, 0.15) is 34.5 Å². The van der Waals surface area contributed by atoms with Gasteiger partial charge in [-0.2, -0.15) is 9.13 Å². The molecule has 0 saturated heterocycles. The Morgan fingerprint density at radius 1 is 0.540 bits per heavy atom. The molecule has 5 aromatic carbocycles. The fraction of sp³-hybridized carbons (Fsp3) is 0.100. The third-order valence-electron chi connectivity index (χ3n) is 7.30. The first kappa shape index (κ1) is 35.9. The Morgan fingerprint density at radius 3 is 1.22 bits per heavy atom. The molecule has 0 aliphatic heterocycles. The van der Waals surface area contributed by atoms with Crippen molar-refractivity contribution in [3.8, 4) is 28.7 Å². The highest BCUT2D eigenvalue weighted by Crippen LogP contribution is 2.52. The molecule has 0 heterocycles. The summed E-state index contributed by atoms with van der Waals surface area (Å²) in [6, 6.07) is 40.5. The molecule has 0 N–H and O–H groups in total. The van der Waals surface area contributed by atoms with Crippen molar-refractivity contribution in [1.82, 2.24) is 0 Å². The van der Waals surface area contributed by atoms with Crippen LogP contribution in [0, 0.1) is 0 Å². The van der Waals surface area contributed by atoms with Crippen LogP contribution in [0.1, 0.15) is 31.9 Å². The van der Waals surface area contributed by atoms with Crippen LogP contribution in [0.3, 0.4) is 0 Å². The van der Waals surface area contributed by atoms with E-state index in [0.29, 0.717) is 28.7 Å². The van der Waals surface area contributed by atoms with E-state index in [2.05, 4.69) is 20.4 Å². The molecule has 1 atom stereocenters. The van der Waals surface area contributed by atoms with Crippen LogP contribution in [0.5, 0.6) is 28.7 Å². The van der Waals surface area contributed by atoms with Crippen molar-refractivity contribution in [2.75, 3.05) is 0 Å². The van der Waals surface area contributed by atoms with Gasteiger partial charge in [0.25, 0.3) is 0 Å². The van der Waals surface area contributed by atoms with E-state index >= 15 is 0 Å². The van der Waals surface area contributed by atoms with Crippen molar-refractivity contribution in [3.05, 3.63) is 187 Å². The first-order valence-corrected chi connectivity index (χ1v) is 18.7. The van der Waals surface area contributed by atoms with Crippen molar-refractivity contribution >= 4 is 15.6 Å². The fourth-order valence-corrected chi connectivity index (χ4v) is 7.26. The summed E-state index contributed by atoms with van der Waals surface area (Å²) in [6.07, 6.45) is 6.47. The summed E-state index contributed by atoms with van der Waals surface area (Å²) in [5.74, 6) is 1.88. The van der Waals surface area contributed by atoms with E-state index in [4.69, 9.17) is 27.1 Å². The molecule has 5 aromatic rings. The molecule has 8 nitrogen and oxygen atoms in total. The lowest BCUT2D eigenvalue weighted by atomic mass is 9.78. The van der Waals surface area contributed by atoms with Gasteiger partial charge in [0, 0.05) is 5.41 Å². The zero-order chi connectivity index (χ0) is 35.5. The van der Waals surface area contributed by atoms with E-state index in [-0.39, 0.29) is 5.76 Å². The largest absolute Gasteiger partial charge is 0.647 e. The highest BCUT2D eigenvalue weighted by Gasteiger charge is 2.35. The second-order valence-electron chi connectivity index (χ2n) is 11.4. The molecule has 0 radical (unpaired) electrons. The Bertz CT molecular complexity index is 1950. The van der Waals surface area contributed by atoms with Crippen LogP contribution in [0.25, 0.3) is 0 Å². The van der Waals surface area contributed by atoms with Gasteiger partial charge in [0.15, 0.2) is 0 Å². The van der Waals surface area contributed by atoms with Crippen molar-refractivity contribution < 1.29 is 36.3 Å². The standard InChI is InChI=1S/C40H38O8P2/c1-5-16-34(17-6-2)43-49(41,44-35-18-10-7-11-19-35)47-38-28-24-32(25-29-38)40(3,4)33-26-30-39(31-27-33)48-50(42,45-36-20-12-8-13-21-36)46-37-22-14-9-15-23-37/h5-31H,1H2,2-4H3/b17-6-,34-16+. The van der Waals surface area contributed by atoms with Crippen LogP contribution in [0.15, 0.2) is 176 Å². The highest BCUT2D eigenvalue weighted by atomic mass is 31.2.